The maximum absolute atomic E-state index is 12.4. The lowest BCUT2D eigenvalue weighted by molar-refractivity contribution is 0.103. The van der Waals surface area contributed by atoms with Gasteiger partial charge in [0.2, 0.25) is 0 Å². The van der Waals surface area contributed by atoms with Gasteiger partial charge < -0.3 is 4.74 Å². The van der Waals surface area contributed by atoms with E-state index in [4.69, 9.17) is 4.74 Å². The molecule has 0 amide bonds. The average Bonchev–Trinajstić information content (AvgIpc) is 2.43. The molecule has 0 radical (unpaired) electrons. The Balaban J connectivity index is 2.34. The number of hydrogen-bond donors (Lipinski definition) is 0. The SMILES string of the molecule is COC=C1c2ccccc2C(=O)c2ccccc21. The van der Waals surface area contributed by atoms with Gasteiger partial charge in [-0.05, 0) is 11.1 Å². The summed E-state index contributed by atoms with van der Waals surface area (Å²) in [5.41, 5.74) is 4.30. The smallest absolute Gasteiger partial charge is 0.194 e. The van der Waals surface area contributed by atoms with Crippen LogP contribution in [0.1, 0.15) is 27.0 Å². The predicted octanol–water partition coefficient (Wildman–Crippen LogP) is 3.27. The summed E-state index contributed by atoms with van der Waals surface area (Å²) in [5, 5.41) is 0. The third kappa shape index (κ3) is 1.46. The molecule has 0 atom stereocenters. The molecule has 88 valence electrons. The molecule has 2 aromatic rings. The number of fused-ring (bicyclic) bond motifs is 2. The second-order valence-electron chi connectivity index (χ2n) is 4.19. The van der Waals surface area contributed by atoms with Crippen molar-refractivity contribution in [3.8, 4) is 0 Å². The van der Waals surface area contributed by atoms with Crippen molar-refractivity contribution in [1.29, 1.82) is 0 Å². The van der Waals surface area contributed by atoms with Crippen molar-refractivity contribution in [1.82, 2.24) is 0 Å². The Hall–Kier alpha value is -2.35. The molecule has 2 nitrogen and oxygen atoms in total. The lowest BCUT2D eigenvalue weighted by atomic mass is 9.82. The van der Waals surface area contributed by atoms with Gasteiger partial charge in [0.15, 0.2) is 5.78 Å². The number of ether oxygens (including phenoxy) is 1. The number of rotatable bonds is 1. The first-order valence-corrected chi connectivity index (χ1v) is 5.79. The van der Waals surface area contributed by atoms with Gasteiger partial charge in [0.25, 0.3) is 0 Å². The van der Waals surface area contributed by atoms with E-state index in [0.717, 1.165) is 27.8 Å². The molecule has 18 heavy (non-hydrogen) atoms. The van der Waals surface area contributed by atoms with E-state index < -0.39 is 0 Å². The van der Waals surface area contributed by atoms with Gasteiger partial charge >= 0.3 is 0 Å². The van der Waals surface area contributed by atoms with E-state index in [2.05, 4.69) is 0 Å². The molecule has 0 saturated heterocycles. The highest BCUT2D eigenvalue weighted by atomic mass is 16.5. The fourth-order valence-corrected chi connectivity index (χ4v) is 2.37. The standard InChI is InChI=1S/C16H12O2/c1-18-10-15-11-6-2-4-8-13(11)16(17)14-9-5-3-7-12(14)15/h2-10H,1H3. The van der Waals surface area contributed by atoms with E-state index in [0.29, 0.717) is 0 Å². The number of ketones is 1. The Morgan fingerprint density at radius 3 is 1.72 bits per heavy atom. The van der Waals surface area contributed by atoms with Crippen LogP contribution in [0.3, 0.4) is 0 Å². The summed E-state index contributed by atoms with van der Waals surface area (Å²) < 4.78 is 5.16. The largest absolute Gasteiger partial charge is 0.504 e. The first kappa shape index (κ1) is 10.8. The molecule has 2 heteroatoms. The highest BCUT2D eigenvalue weighted by Crippen LogP contribution is 2.35. The van der Waals surface area contributed by atoms with Gasteiger partial charge in [-0.2, -0.15) is 0 Å². The van der Waals surface area contributed by atoms with Crippen LogP contribution in [0, 0.1) is 0 Å². The van der Waals surface area contributed by atoms with E-state index in [-0.39, 0.29) is 5.78 Å². The maximum atomic E-state index is 12.4. The normalized spacial score (nSPS) is 12.7. The summed E-state index contributed by atoms with van der Waals surface area (Å²) >= 11 is 0. The minimum absolute atomic E-state index is 0.0782. The molecule has 1 aliphatic carbocycles. The molecule has 0 N–H and O–H groups in total. The Morgan fingerprint density at radius 2 is 1.28 bits per heavy atom. The van der Waals surface area contributed by atoms with Crippen LogP contribution in [-0.2, 0) is 4.74 Å². The second kappa shape index (κ2) is 4.15. The molecule has 0 heterocycles. The van der Waals surface area contributed by atoms with E-state index in [1.807, 2.05) is 48.5 Å². The maximum Gasteiger partial charge on any atom is 0.194 e. The minimum Gasteiger partial charge on any atom is -0.504 e. The molecule has 0 aliphatic heterocycles. The highest BCUT2D eigenvalue weighted by molar-refractivity contribution is 6.18. The van der Waals surface area contributed by atoms with E-state index in [1.165, 1.54) is 0 Å². The lowest BCUT2D eigenvalue weighted by Crippen LogP contribution is -2.14. The van der Waals surface area contributed by atoms with Gasteiger partial charge in [-0.15, -0.1) is 0 Å². The van der Waals surface area contributed by atoms with Crippen LogP contribution in [-0.4, -0.2) is 12.9 Å². The molecule has 0 saturated carbocycles. The molecule has 2 aromatic carbocycles. The topological polar surface area (TPSA) is 26.3 Å². The number of hydrogen-bond acceptors (Lipinski definition) is 2. The van der Waals surface area contributed by atoms with Crippen molar-refractivity contribution >= 4 is 11.4 Å². The number of benzene rings is 2. The third-order valence-electron chi connectivity index (χ3n) is 3.16. The zero-order valence-electron chi connectivity index (χ0n) is 10.0. The summed E-state index contributed by atoms with van der Waals surface area (Å²) in [6.07, 6.45) is 1.70. The summed E-state index contributed by atoms with van der Waals surface area (Å²) in [6.45, 7) is 0. The van der Waals surface area contributed by atoms with Crippen molar-refractivity contribution in [3.05, 3.63) is 77.0 Å². The van der Waals surface area contributed by atoms with Crippen LogP contribution in [0.4, 0.5) is 0 Å². The molecular weight excluding hydrogens is 224 g/mol. The highest BCUT2D eigenvalue weighted by Gasteiger charge is 2.26. The Labute approximate surface area is 106 Å². The lowest BCUT2D eigenvalue weighted by Gasteiger charge is -2.20. The van der Waals surface area contributed by atoms with Crippen LogP contribution >= 0.6 is 0 Å². The van der Waals surface area contributed by atoms with Crippen molar-refractivity contribution < 1.29 is 9.53 Å². The van der Waals surface area contributed by atoms with Crippen LogP contribution < -0.4 is 0 Å². The van der Waals surface area contributed by atoms with Crippen LogP contribution in [0.25, 0.3) is 5.57 Å². The zero-order chi connectivity index (χ0) is 12.5. The van der Waals surface area contributed by atoms with Crippen molar-refractivity contribution in [2.45, 2.75) is 0 Å². The molecule has 0 bridgehead atoms. The van der Waals surface area contributed by atoms with Gasteiger partial charge in [-0.1, -0.05) is 48.5 Å². The quantitative estimate of drug-likeness (QED) is 0.606. The summed E-state index contributed by atoms with van der Waals surface area (Å²) in [4.78, 5) is 12.4. The summed E-state index contributed by atoms with van der Waals surface area (Å²) in [6, 6.07) is 15.3. The average molecular weight is 236 g/mol. The second-order valence-corrected chi connectivity index (χ2v) is 4.19. The van der Waals surface area contributed by atoms with Gasteiger partial charge in [0.05, 0.1) is 13.4 Å². The van der Waals surface area contributed by atoms with Crippen molar-refractivity contribution in [2.75, 3.05) is 7.11 Å². The number of carbonyl (C=O) groups is 1. The van der Waals surface area contributed by atoms with E-state index >= 15 is 0 Å². The predicted molar refractivity (Wildman–Crippen MR) is 70.4 cm³/mol. The number of carbonyl (C=O) groups excluding carboxylic acids is 1. The Bertz CT molecular complexity index is 602. The molecule has 0 aromatic heterocycles. The first-order valence-electron chi connectivity index (χ1n) is 5.79. The first-order chi connectivity index (χ1) is 8.83. The van der Waals surface area contributed by atoms with Gasteiger partial charge in [0, 0.05) is 16.7 Å². The van der Waals surface area contributed by atoms with E-state index in [1.54, 1.807) is 13.4 Å². The summed E-state index contributed by atoms with van der Waals surface area (Å²) in [5.74, 6) is 0.0782. The fraction of sp³-hybridized carbons (Fsp3) is 0.0625. The molecular formula is C16H12O2. The number of methoxy groups -OCH3 is 1. The molecule has 0 fully saturated rings. The van der Waals surface area contributed by atoms with Crippen LogP contribution in [0.5, 0.6) is 0 Å². The minimum atomic E-state index is 0.0782. The molecule has 0 spiro atoms. The molecule has 0 unspecified atom stereocenters. The van der Waals surface area contributed by atoms with Gasteiger partial charge in [-0.25, -0.2) is 0 Å². The summed E-state index contributed by atoms with van der Waals surface area (Å²) in [7, 11) is 1.62. The fourth-order valence-electron chi connectivity index (χ4n) is 2.37. The Morgan fingerprint density at radius 1 is 0.833 bits per heavy atom. The zero-order valence-corrected chi connectivity index (χ0v) is 10.0. The van der Waals surface area contributed by atoms with E-state index in [9.17, 15) is 4.79 Å². The molecule has 1 aliphatic rings. The third-order valence-corrected chi connectivity index (χ3v) is 3.16. The van der Waals surface area contributed by atoms with Crippen LogP contribution in [0.2, 0.25) is 0 Å². The Kier molecular flexibility index (Phi) is 2.49. The monoisotopic (exact) mass is 236 g/mol. The molecule has 3 rings (SSSR count). The van der Waals surface area contributed by atoms with Gasteiger partial charge in [-0.3, -0.25) is 4.79 Å². The van der Waals surface area contributed by atoms with Crippen LogP contribution in [0.15, 0.2) is 54.8 Å². The van der Waals surface area contributed by atoms with Gasteiger partial charge in [0.1, 0.15) is 0 Å². The van der Waals surface area contributed by atoms with Crippen molar-refractivity contribution in [3.63, 3.8) is 0 Å². The van der Waals surface area contributed by atoms with Crippen molar-refractivity contribution in [2.24, 2.45) is 0 Å².